The molecule has 0 aliphatic carbocycles. The highest BCUT2D eigenvalue weighted by atomic mass is 35.5. The Morgan fingerprint density at radius 1 is 1.33 bits per heavy atom. The van der Waals surface area contributed by atoms with Crippen molar-refractivity contribution in [2.75, 3.05) is 26.2 Å². The molecule has 1 saturated heterocycles. The number of rotatable bonds is 5. The monoisotopic (exact) mass is 330 g/mol. The number of nitrogens with one attached hydrogen (secondary N) is 1. The predicted octanol–water partition coefficient (Wildman–Crippen LogP) is 2.66. The summed E-state index contributed by atoms with van der Waals surface area (Å²) in [5.41, 5.74) is 0.961. The number of aryl methyl sites for hydroxylation is 1. The van der Waals surface area contributed by atoms with Crippen molar-refractivity contribution in [2.45, 2.75) is 31.6 Å². The van der Waals surface area contributed by atoms with Crippen molar-refractivity contribution in [3.8, 4) is 0 Å². The van der Waals surface area contributed by atoms with Crippen molar-refractivity contribution in [2.24, 2.45) is 5.92 Å². The third-order valence-electron chi connectivity index (χ3n) is 3.96. The number of piperidine rings is 1. The molecule has 0 aromatic heterocycles. The fourth-order valence-electron chi connectivity index (χ4n) is 2.66. The standard InChI is InChI=1S/C15H23ClN2O2S/c1-3-17-11-13-6-8-18(9-7-13)21(19,20)15-5-4-12(2)10-14(15)16/h4-5,10,13,17H,3,6-9,11H2,1-2H3. The van der Waals surface area contributed by atoms with Crippen LogP contribution in [0.15, 0.2) is 23.1 Å². The molecule has 1 aliphatic heterocycles. The third-order valence-corrected chi connectivity index (χ3v) is 6.34. The van der Waals surface area contributed by atoms with Gasteiger partial charge < -0.3 is 5.32 Å². The van der Waals surface area contributed by atoms with Crippen LogP contribution in [0.5, 0.6) is 0 Å². The van der Waals surface area contributed by atoms with E-state index in [0.29, 0.717) is 24.0 Å². The summed E-state index contributed by atoms with van der Waals surface area (Å²) in [7, 11) is -3.47. The van der Waals surface area contributed by atoms with Gasteiger partial charge in [0.15, 0.2) is 0 Å². The second kappa shape index (κ2) is 7.09. The van der Waals surface area contributed by atoms with E-state index in [1.807, 2.05) is 6.92 Å². The van der Waals surface area contributed by atoms with Gasteiger partial charge in [0.05, 0.1) is 5.02 Å². The summed E-state index contributed by atoms with van der Waals surface area (Å²) in [6.45, 7) is 7.05. The predicted molar refractivity (Wildman–Crippen MR) is 86.2 cm³/mol. The van der Waals surface area contributed by atoms with Crippen molar-refractivity contribution in [1.82, 2.24) is 9.62 Å². The van der Waals surface area contributed by atoms with Crippen LogP contribution in [0.3, 0.4) is 0 Å². The van der Waals surface area contributed by atoms with Crippen LogP contribution in [-0.4, -0.2) is 38.9 Å². The summed E-state index contributed by atoms with van der Waals surface area (Å²) in [5.74, 6) is 0.560. The number of hydrogen-bond acceptors (Lipinski definition) is 3. The van der Waals surface area contributed by atoms with Gasteiger partial charge in [-0.2, -0.15) is 4.31 Å². The Bertz CT molecular complexity index is 581. The zero-order valence-electron chi connectivity index (χ0n) is 12.6. The molecule has 0 atom stereocenters. The number of nitrogens with zero attached hydrogens (tertiary/aromatic N) is 1. The van der Waals surface area contributed by atoms with E-state index < -0.39 is 10.0 Å². The van der Waals surface area contributed by atoms with Gasteiger partial charge in [-0.3, -0.25) is 0 Å². The van der Waals surface area contributed by atoms with Crippen LogP contribution in [0, 0.1) is 12.8 Å². The van der Waals surface area contributed by atoms with E-state index in [4.69, 9.17) is 11.6 Å². The minimum atomic E-state index is -3.47. The highest BCUT2D eigenvalue weighted by molar-refractivity contribution is 7.89. The maximum Gasteiger partial charge on any atom is 0.244 e. The Balaban J connectivity index is 2.08. The second-order valence-electron chi connectivity index (χ2n) is 5.59. The van der Waals surface area contributed by atoms with Crippen LogP contribution < -0.4 is 5.32 Å². The molecule has 1 aromatic rings. The largest absolute Gasteiger partial charge is 0.317 e. The summed E-state index contributed by atoms with van der Waals surface area (Å²) in [6.07, 6.45) is 1.80. The zero-order valence-corrected chi connectivity index (χ0v) is 14.2. The summed E-state index contributed by atoms with van der Waals surface area (Å²) in [6, 6.07) is 5.10. The molecular weight excluding hydrogens is 308 g/mol. The summed E-state index contributed by atoms with van der Waals surface area (Å²) in [4.78, 5) is 0.222. The average molecular weight is 331 g/mol. The third kappa shape index (κ3) is 3.97. The minimum Gasteiger partial charge on any atom is -0.317 e. The maximum atomic E-state index is 12.7. The molecule has 0 amide bonds. The van der Waals surface area contributed by atoms with Gasteiger partial charge in [-0.1, -0.05) is 24.6 Å². The van der Waals surface area contributed by atoms with Crippen LogP contribution >= 0.6 is 11.6 Å². The SMILES string of the molecule is CCNCC1CCN(S(=O)(=O)c2ccc(C)cc2Cl)CC1. The van der Waals surface area contributed by atoms with E-state index in [-0.39, 0.29) is 4.90 Å². The van der Waals surface area contributed by atoms with Gasteiger partial charge in [-0.15, -0.1) is 0 Å². The van der Waals surface area contributed by atoms with Crippen LogP contribution in [0.1, 0.15) is 25.3 Å². The normalized spacial score (nSPS) is 18.0. The van der Waals surface area contributed by atoms with Gasteiger partial charge >= 0.3 is 0 Å². The Kier molecular flexibility index (Phi) is 5.66. The van der Waals surface area contributed by atoms with Crippen molar-refractivity contribution >= 4 is 21.6 Å². The van der Waals surface area contributed by atoms with Crippen molar-refractivity contribution < 1.29 is 8.42 Å². The Labute approximate surface area is 132 Å². The van der Waals surface area contributed by atoms with Crippen LogP contribution in [-0.2, 0) is 10.0 Å². The molecule has 0 saturated carbocycles. The van der Waals surface area contributed by atoms with Crippen LogP contribution in [0.25, 0.3) is 0 Å². The summed E-state index contributed by atoms with van der Waals surface area (Å²) >= 11 is 6.11. The number of sulfonamides is 1. The molecule has 6 heteroatoms. The lowest BCUT2D eigenvalue weighted by Gasteiger charge is -2.31. The smallest absolute Gasteiger partial charge is 0.244 e. The molecule has 118 valence electrons. The molecule has 0 unspecified atom stereocenters. The fourth-order valence-corrected chi connectivity index (χ4v) is 4.70. The molecule has 1 aliphatic rings. The molecule has 2 rings (SSSR count). The lowest BCUT2D eigenvalue weighted by molar-refractivity contribution is 0.268. The van der Waals surface area contributed by atoms with Gasteiger partial charge in [-0.05, 0) is 56.5 Å². The number of benzene rings is 1. The van der Waals surface area contributed by atoms with E-state index in [9.17, 15) is 8.42 Å². The lowest BCUT2D eigenvalue weighted by atomic mass is 9.98. The lowest BCUT2D eigenvalue weighted by Crippen LogP contribution is -2.40. The molecule has 4 nitrogen and oxygen atoms in total. The molecule has 0 radical (unpaired) electrons. The van der Waals surface area contributed by atoms with E-state index >= 15 is 0 Å². The van der Waals surface area contributed by atoms with Crippen molar-refractivity contribution in [1.29, 1.82) is 0 Å². The van der Waals surface area contributed by atoms with Gasteiger partial charge in [0.2, 0.25) is 10.0 Å². The topological polar surface area (TPSA) is 49.4 Å². The highest BCUT2D eigenvalue weighted by Gasteiger charge is 2.30. The van der Waals surface area contributed by atoms with Gasteiger partial charge in [-0.25, -0.2) is 8.42 Å². The molecule has 21 heavy (non-hydrogen) atoms. The van der Waals surface area contributed by atoms with Gasteiger partial charge in [0, 0.05) is 13.1 Å². The van der Waals surface area contributed by atoms with Crippen LogP contribution in [0.2, 0.25) is 5.02 Å². The van der Waals surface area contributed by atoms with Crippen molar-refractivity contribution in [3.63, 3.8) is 0 Å². The first-order valence-corrected chi connectivity index (χ1v) is 9.24. The first kappa shape index (κ1) is 16.7. The molecular formula is C15H23ClN2O2S. The zero-order chi connectivity index (χ0) is 15.5. The minimum absolute atomic E-state index is 0.222. The Morgan fingerprint density at radius 3 is 2.57 bits per heavy atom. The highest BCUT2D eigenvalue weighted by Crippen LogP contribution is 2.28. The Hall–Kier alpha value is -0.620. The molecule has 1 N–H and O–H groups in total. The van der Waals surface area contributed by atoms with Crippen molar-refractivity contribution in [3.05, 3.63) is 28.8 Å². The first-order valence-electron chi connectivity index (χ1n) is 7.42. The molecule has 0 bridgehead atoms. The van der Waals surface area contributed by atoms with E-state index in [1.54, 1.807) is 22.5 Å². The Morgan fingerprint density at radius 2 is 2.00 bits per heavy atom. The molecule has 1 aromatic carbocycles. The van der Waals surface area contributed by atoms with E-state index in [1.165, 1.54) is 0 Å². The maximum absolute atomic E-state index is 12.7. The van der Waals surface area contributed by atoms with Gasteiger partial charge in [0.1, 0.15) is 4.90 Å². The number of halogens is 1. The number of hydrogen-bond donors (Lipinski definition) is 1. The van der Waals surface area contributed by atoms with E-state index in [0.717, 1.165) is 31.5 Å². The molecule has 1 heterocycles. The van der Waals surface area contributed by atoms with E-state index in [2.05, 4.69) is 12.2 Å². The summed E-state index contributed by atoms with van der Waals surface area (Å²) in [5, 5.41) is 3.64. The quantitative estimate of drug-likeness (QED) is 0.903. The average Bonchev–Trinajstić information content (AvgIpc) is 2.45. The van der Waals surface area contributed by atoms with Crippen LogP contribution in [0.4, 0.5) is 0 Å². The second-order valence-corrected chi connectivity index (χ2v) is 7.90. The molecule has 0 spiro atoms. The first-order chi connectivity index (χ1) is 9.95. The summed E-state index contributed by atoms with van der Waals surface area (Å²) < 4.78 is 26.9. The fraction of sp³-hybridized carbons (Fsp3) is 0.600. The molecule has 1 fully saturated rings. The van der Waals surface area contributed by atoms with Gasteiger partial charge in [0.25, 0.3) is 0 Å².